The molecule has 5 heteroatoms. The molecule has 1 amide bonds. The monoisotopic (exact) mass is 264 g/mol. The highest BCUT2D eigenvalue weighted by Gasteiger charge is 2.27. The van der Waals surface area contributed by atoms with Crippen molar-refractivity contribution in [3.63, 3.8) is 0 Å². The molecule has 1 atom stereocenters. The van der Waals surface area contributed by atoms with Gasteiger partial charge >= 0.3 is 5.97 Å². The summed E-state index contributed by atoms with van der Waals surface area (Å²) in [7, 11) is 1.32. The molecule has 0 bridgehead atoms. The maximum absolute atomic E-state index is 12.0. The molecule has 0 aromatic heterocycles. The molecule has 1 aromatic carbocycles. The fraction of sp³-hybridized carbons (Fsp3) is 0.429. The summed E-state index contributed by atoms with van der Waals surface area (Å²) < 4.78 is 4.60. The molecule has 5 nitrogen and oxygen atoms in total. The fourth-order valence-corrected chi connectivity index (χ4v) is 1.71. The zero-order valence-electron chi connectivity index (χ0n) is 11.5. The zero-order valence-corrected chi connectivity index (χ0v) is 11.5. The minimum absolute atomic E-state index is 0.236. The van der Waals surface area contributed by atoms with Crippen molar-refractivity contribution < 1.29 is 14.3 Å². The lowest BCUT2D eigenvalue weighted by Crippen LogP contribution is -2.48. The van der Waals surface area contributed by atoms with Gasteiger partial charge in [-0.15, -0.1) is 0 Å². The van der Waals surface area contributed by atoms with E-state index in [2.05, 4.69) is 10.1 Å². The Morgan fingerprint density at radius 2 is 1.89 bits per heavy atom. The van der Waals surface area contributed by atoms with Crippen LogP contribution in [-0.2, 0) is 9.53 Å². The molecule has 0 saturated heterocycles. The van der Waals surface area contributed by atoms with Crippen LogP contribution in [0.5, 0.6) is 0 Å². The first-order valence-electron chi connectivity index (χ1n) is 6.19. The molecular formula is C14H20N2O3. The number of methoxy groups -OCH3 is 1. The van der Waals surface area contributed by atoms with Crippen LogP contribution in [0.15, 0.2) is 24.3 Å². The Morgan fingerprint density at radius 1 is 1.32 bits per heavy atom. The molecule has 19 heavy (non-hydrogen) atoms. The first-order valence-corrected chi connectivity index (χ1v) is 6.19. The molecule has 0 spiro atoms. The smallest absolute Gasteiger partial charge is 0.337 e. The van der Waals surface area contributed by atoms with E-state index in [4.69, 9.17) is 5.73 Å². The Labute approximate surface area is 113 Å². The van der Waals surface area contributed by atoms with Gasteiger partial charge in [-0.05, 0) is 37.6 Å². The first kappa shape index (κ1) is 15.2. The Hall–Kier alpha value is -1.88. The summed E-state index contributed by atoms with van der Waals surface area (Å²) in [5.41, 5.74) is 6.08. The van der Waals surface area contributed by atoms with Gasteiger partial charge in [-0.3, -0.25) is 4.79 Å². The van der Waals surface area contributed by atoms with Crippen molar-refractivity contribution in [3.8, 4) is 0 Å². The quantitative estimate of drug-likeness (QED) is 0.796. The van der Waals surface area contributed by atoms with E-state index >= 15 is 0 Å². The van der Waals surface area contributed by atoms with Crippen molar-refractivity contribution in [3.05, 3.63) is 29.8 Å². The number of amides is 1. The summed E-state index contributed by atoms with van der Waals surface area (Å²) in [4.78, 5) is 23.2. The van der Waals surface area contributed by atoms with E-state index in [9.17, 15) is 9.59 Å². The lowest BCUT2D eigenvalue weighted by atomic mass is 9.96. The van der Waals surface area contributed by atoms with E-state index in [1.807, 2.05) is 6.92 Å². The van der Waals surface area contributed by atoms with Crippen LogP contribution in [0.4, 0.5) is 5.69 Å². The van der Waals surface area contributed by atoms with Crippen LogP contribution in [-0.4, -0.2) is 24.5 Å². The van der Waals surface area contributed by atoms with Crippen molar-refractivity contribution in [1.29, 1.82) is 0 Å². The summed E-state index contributed by atoms with van der Waals surface area (Å²) >= 11 is 0. The normalized spacial score (nSPS) is 13.5. The molecule has 1 rings (SSSR count). The molecule has 1 aromatic rings. The van der Waals surface area contributed by atoms with Crippen LogP contribution in [0.1, 0.15) is 37.0 Å². The molecule has 0 aliphatic carbocycles. The predicted molar refractivity (Wildman–Crippen MR) is 73.9 cm³/mol. The van der Waals surface area contributed by atoms with Gasteiger partial charge in [-0.25, -0.2) is 4.79 Å². The number of hydrogen-bond acceptors (Lipinski definition) is 4. The molecule has 0 radical (unpaired) electrons. The van der Waals surface area contributed by atoms with Crippen LogP contribution in [0.3, 0.4) is 0 Å². The largest absolute Gasteiger partial charge is 0.465 e. The van der Waals surface area contributed by atoms with Crippen molar-refractivity contribution in [2.24, 2.45) is 5.73 Å². The average molecular weight is 264 g/mol. The third-order valence-electron chi connectivity index (χ3n) is 2.85. The number of nitrogens with one attached hydrogen (secondary N) is 1. The Balaban J connectivity index is 2.73. The van der Waals surface area contributed by atoms with Gasteiger partial charge in [0.2, 0.25) is 5.91 Å². The molecular weight excluding hydrogens is 244 g/mol. The summed E-state index contributed by atoms with van der Waals surface area (Å²) in [5, 5.41) is 2.74. The standard InChI is InChI=1S/C14H20N2O3/c1-4-9-14(2,15)13(18)16-11-7-5-10(6-8-11)12(17)19-3/h5-8H,4,9,15H2,1-3H3,(H,16,18). The number of hydrogen-bond donors (Lipinski definition) is 2. The number of ether oxygens (including phenoxy) is 1. The number of esters is 1. The maximum Gasteiger partial charge on any atom is 0.337 e. The fourth-order valence-electron chi connectivity index (χ4n) is 1.71. The number of carbonyl (C=O) groups is 2. The number of benzene rings is 1. The van der Waals surface area contributed by atoms with Crippen molar-refractivity contribution >= 4 is 17.6 Å². The van der Waals surface area contributed by atoms with Gasteiger partial charge in [0.1, 0.15) is 0 Å². The SMILES string of the molecule is CCCC(C)(N)C(=O)Nc1ccc(C(=O)OC)cc1. The molecule has 0 aliphatic heterocycles. The molecule has 0 heterocycles. The first-order chi connectivity index (χ1) is 8.90. The summed E-state index contributed by atoms with van der Waals surface area (Å²) in [6.45, 7) is 3.68. The van der Waals surface area contributed by atoms with E-state index in [0.29, 0.717) is 17.7 Å². The Kier molecular flexibility index (Phi) is 5.06. The van der Waals surface area contributed by atoms with Crippen molar-refractivity contribution in [1.82, 2.24) is 0 Å². The van der Waals surface area contributed by atoms with Crippen molar-refractivity contribution in [2.45, 2.75) is 32.2 Å². The van der Waals surface area contributed by atoms with Gasteiger partial charge in [-0.1, -0.05) is 13.3 Å². The van der Waals surface area contributed by atoms with Gasteiger partial charge in [0.15, 0.2) is 0 Å². The number of nitrogens with two attached hydrogens (primary N) is 1. The van der Waals surface area contributed by atoms with Crippen LogP contribution in [0.25, 0.3) is 0 Å². The molecule has 1 unspecified atom stereocenters. The van der Waals surface area contributed by atoms with Gasteiger partial charge in [0, 0.05) is 5.69 Å². The average Bonchev–Trinajstić information content (AvgIpc) is 2.38. The molecule has 0 saturated carbocycles. The van der Waals surface area contributed by atoms with E-state index in [1.165, 1.54) is 7.11 Å². The van der Waals surface area contributed by atoms with Crippen LogP contribution < -0.4 is 11.1 Å². The minimum atomic E-state index is -0.893. The lowest BCUT2D eigenvalue weighted by Gasteiger charge is -2.22. The second kappa shape index (κ2) is 6.33. The minimum Gasteiger partial charge on any atom is -0.465 e. The number of carbonyl (C=O) groups excluding carboxylic acids is 2. The summed E-state index contributed by atoms with van der Waals surface area (Å²) in [6, 6.07) is 6.47. The van der Waals surface area contributed by atoms with Crippen LogP contribution >= 0.6 is 0 Å². The number of anilines is 1. The Bertz CT molecular complexity index is 452. The summed E-state index contributed by atoms with van der Waals surface area (Å²) in [6.07, 6.45) is 1.45. The summed E-state index contributed by atoms with van der Waals surface area (Å²) in [5.74, 6) is -0.646. The Morgan fingerprint density at radius 3 is 2.37 bits per heavy atom. The highest BCUT2D eigenvalue weighted by atomic mass is 16.5. The third kappa shape index (κ3) is 4.06. The van der Waals surface area contributed by atoms with Gasteiger partial charge in [0.25, 0.3) is 0 Å². The highest BCUT2D eigenvalue weighted by Crippen LogP contribution is 2.15. The van der Waals surface area contributed by atoms with Gasteiger partial charge in [-0.2, -0.15) is 0 Å². The van der Waals surface area contributed by atoms with E-state index in [0.717, 1.165) is 6.42 Å². The highest BCUT2D eigenvalue weighted by molar-refractivity contribution is 5.98. The maximum atomic E-state index is 12.0. The second-order valence-electron chi connectivity index (χ2n) is 4.69. The molecule has 104 valence electrons. The predicted octanol–water partition coefficient (Wildman–Crippen LogP) is 1.93. The van der Waals surface area contributed by atoms with Crippen molar-refractivity contribution in [2.75, 3.05) is 12.4 Å². The van der Waals surface area contributed by atoms with Gasteiger partial charge in [0.05, 0.1) is 18.2 Å². The van der Waals surface area contributed by atoms with E-state index < -0.39 is 11.5 Å². The third-order valence-corrected chi connectivity index (χ3v) is 2.85. The molecule has 0 fully saturated rings. The van der Waals surface area contributed by atoms with Crippen LogP contribution in [0.2, 0.25) is 0 Å². The van der Waals surface area contributed by atoms with E-state index in [1.54, 1.807) is 31.2 Å². The zero-order chi connectivity index (χ0) is 14.5. The lowest BCUT2D eigenvalue weighted by molar-refractivity contribution is -0.120. The molecule has 3 N–H and O–H groups in total. The second-order valence-corrected chi connectivity index (χ2v) is 4.69. The van der Waals surface area contributed by atoms with E-state index in [-0.39, 0.29) is 5.91 Å². The molecule has 0 aliphatic rings. The van der Waals surface area contributed by atoms with Gasteiger partial charge < -0.3 is 15.8 Å². The van der Waals surface area contributed by atoms with Crippen LogP contribution in [0, 0.1) is 0 Å². The topological polar surface area (TPSA) is 81.4 Å². The number of rotatable bonds is 5.